The molecule has 1 aliphatic heterocycles. The maximum Gasteiger partial charge on any atom is 0.407 e. The summed E-state index contributed by atoms with van der Waals surface area (Å²) in [6.45, 7) is 7.52. The molecule has 1 aromatic heterocycles. The predicted molar refractivity (Wildman–Crippen MR) is 121 cm³/mol. The van der Waals surface area contributed by atoms with E-state index in [1.165, 1.54) is 18.2 Å². The number of aromatic nitrogens is 2. The van der Waals surface area contributed by atoms with Gasteiger partial charge in [-0.3, -0.25) is 0 Å². The minimum atomic E-state index is -0.574. The number of carbonyl (C=O) groups is 1. The Hall–Kier alpha value is -3.42. The first kappa shape index (κ1) is 21.8. The average Bonchev–Trinajstić information content (AvgIpc) is 3.20. The van der Waals surface area contributed by atoms with Crippen molar-refractivity contribution >= 4 is 22.8 Å². The van der Waals surface area contributed by atoms with Crippen LogP contribution in [0, 0.1) is 18.7 Å². The average molecular weight is 439 g/mol. The Labute approximate surface area is 186 Å². The number of nitrogens with one attached hydrogen (secondary N) is 1. The number of benzene rings is 2. The molecule has 0 aliphatic carbocycles. The number of fused-ring (bicyclic) bond motifs is 1. The number of hydrogen-bond acceptors (Lipinski definition) is 6. The zero-order valence-corrected chi connectivity index (χ0v) is 18.4. The third kappa shape index (κ3) is 4.59. The highest BCUT2D eigenvalue weighted by molar-refractivity contribution is 5.92. The van der Waals surface area contributed by atoms with E-state index in [1.54, 1.807) is 0 Å². The van der Waals surface area contributed by atoms with E-state index in [0.29, 0.717) is 24.4 Å². The molecule has 1 fully saturated rings. The van der Waals surface area contributed by atoms with Gasteiger partial charge < -0.3 is 20.1 Å². The van der Waals surface area contributed by atoms with Crippen molar-refractivity contribution in [1.29, 1.82) is 0 Å². The lowest BCUT2D eigenvalue weighted by atomic mass is 10.1. The van der Waals surface area contributed by atoms with Crippen molar-refractivity contribution in [3.05, 3.63) is 47.8 Å². The fourth-order valence-electron chi connectivity index (χ4n) is 3.98. The van der Waals surface area contributed by atoms with Crippen molar-refractivity contribution in [2.24, 2.45) is 5.92 Å². The molecule has 1 atom stereocenters. The predicted octanol–water partition coefficient (Wildman–Crippen LogP) is 4.41. The lowest BCUT2D eigenvalue weighted by Gasteiger charge is -2.21. The summed E-state index contributed by atoms with van der Waals surface area (Å²) in [7, 11) is 0. The fraction of sp³-hybridized carbons (Fsp3) is 0.375. The molecule has 168 valence electrons. The van der Waals surface area contributed by atoms with Crippen molar-refractivity contribution in [3.63, 3.8) is 0 Å². The van der Waals surface area contributed by atoms with Gasteiger partial charge in [0.1, 0.15) is 17.4 Å². The van der Waals surface area contributed by atoms with Crippen LogP contribution in [0.1, 0.15) is 25.8 Å². The Balaban J connectivity index is 1.64. The maximum absolute atomic E-state index is 14.5. The lowest BCUT2D eigenvalue weighted by Crippen LogP contribution is -2.32. The Morgan fingerprint density at radius 1 is 1.31 bits per heavy atom. The number of carbonyl (C=O) groups excluding carboxylic acids is 1. The van der Waals surface area contributed by atoms with E-state index < -0.39 is 11.9 Å². The van der Waals surface area contributed by atoms with Crippen molar-refractivity contribution in [2.75, 3.05) is 24.5 Å². The molecule has 3 aromatic rings. The lowest BCUT2D eigenvalue weighted by molar-refractivity contribution is 0.114. The number of ether oxygens (including phenoxy) is 1. The van der Waals surface area contributed by atoms with E-state index in [-0.39, 0.29) is 29.2 Å². The normalized spacial score (nSPS) is 16.0. The van der Waals surface area contributed by atoms with Gasteiger partial charge in [0.15, 0.2) is 5.82 Å². The number of aromatic hydroxyl groups is 1. The van der Waals surface area contributed by atoms with Gasteiger partial charge in [-0.1, -0.05) is 12.1 Å². The second kappa shape index (κ2) is 8.98. The zero-order chi connectivity index (χ0) is 22.8. The largest absolute Gasteiger partial charge is 0.507 e. The van der Waals surface area contributed by atoms with Gasteiger partial charge >= 0.3 is 6.09 Å². The summed E-state index contributed by atoms with van der Waals surface area (Å²) in [6, 6.07) is 10.0. The van der Waals surface area contributed by atoms with Gasteiger partial charge in [0.25, 0.3) is 0 Å². The molecule has 0 spiro atoms. The number of hydrogen-bond donors (Lipinski definition) is 2. The molecule has 2 heterocycles. The number of nitrogens with zero attached hydrogens (tertiary/aromatic N) is 3. The monoisotopic (exact) mass is 438 g/mol. The number of phenols is 1. The van der Waals surface area contributed by atoms with Crippen LogP contribution in [0.5, 0.6) is 5.75 Å². The number of aryl methyl sites for hydroxylation is 1. The highest BCUT2D eigenvalue weighted by Gasteiger charge is 2.27. The van der Waals surface area contributed by atoms with Crippen LogP contribution in [-0.2, 0) is 4.74 Å². The van der Waals surface area contributed by atoms with Crippen LogP contribution in [0.2, 0.25) is 0 Å². The minimum Gasteiger partial charge on any atom is -0.507 e. The molecule has 32 heavy (non-hydrogen) atoms. The van der Waals surface area contributed by atoms with Gasteiger partial charge in [0, 0.05) is 25.0 Å². The van der Waals surface area contributed by atoms with E-state index >= 15 is 0 Å². The van der Waals surface area contributed by atoms with Gasteiger partial charge in [-0.2, -0.15) is 0 Å². The maximum atomic E-state index is 14.5. The molecule has 1 amide bonds. The molecule has 8 heteroatoms. The second-order valence-electron chi connectivity index (χ2n) is 8.46. The summed E-state index contributed by atoms with van der Waals surface area (Å²) < 4.78 is 19.7. The van der Waals surface area contributed by atoms with Gasteiger partial charge in [-0.15, -0.1) is 0 Å². The van der Waals surface area contributed by atoms with Crippen LogP contribution in [-0.4, -0.2) is 46.9 Å². The molecule has 1 aliphatic rings. The summed E-state index contributed by atoms with van der Waals surface area (Å²) in [5, 5.41) is 14.0. The van der Waals surface area contributed by atoms with E-state index in [9.17, 15) is 14.3 Å². The van der Waals surface area contributed by atoms with Crippen LogP contribution in [0.4, 0.5) is 15.0 Å². The Morgan fingerprint density at radius 2 is 2.12 bits per heavy atom. The summed E-state index contributed by atoms with van der Waals surface area (Å²) >= 11 is 0. The zero-order valence-electron chi connectivity index (χ0n) is 18.4. The molecular formula is C24H27FN4O3. The van der Waals surface area contributed by atoms with Crippen LogP contribution in [0.25, 0.3) is 22.3 Å². The van der Waals surface area contributed by atoms with Crippen LogP contribution >= 0.6 is 0 Å². The molecule has 2 N–H and O–H groups in total. The summed E-state index contributed by atoms with van der Waals surface area (Å²) in [6.07, 6.45) is 0.289. The standard InChI is InChI=1S/C24H27FN4O3/c1-14(2)32-24(31)26-12-16-9-10-29(13-16)23-17-8-7-15(3)11-19(17)27-22(28-23)21-18(25)5-4-6-20(21)30/h4-8,11,14,16,30H,9-10,12-13H2,1-3H3,(H,26,31). The first-order valence-electron chi connectivity index (χ1n) is 10.8. The number of halogens is 1. The fourth-order valence-corrected chi connectivity index (χ4v) is 3.98. The molecule has 2 aromatic carbocycles. The number of amides is 1. The smallest absolute Gasteiger partial charge is 0.407 e. The SMILES string of the molecule is Cc1ccc2c(N3CCC(CNC(=O)OC(C)C)C3)nc(-c3c(O)cccc3F)nc2c1. The van der Waals surface area contributed by atoms with E-state index in [4.69, 9.17) is 4.74 Å². The van der Waals surface area contributed by atoms with Crippen molar-refractivity contribution in [3.8, 4) is 17.1 Å². The van der Waals surface area contributed by atoms with E-state index in [1.807, 2.05) is 39.0 Å². The van der Waals surface area contributed by atoms with Gasteiger partial charge in [-0.25, -0.2) is 19.2 Å². The Kier molecular flexibility index (Phi) is 6.12. The highest BCUT2D eigenvalue weighted by atomic mass is 19.1. The van der Waals surface area contributed by atoms with Crippen LogP contribution in [0.3, 0.4) is 0 Å². The Morgan fingerprint density at radius 3 is 2.88 bits per heavy atom. The summed E-state index contributed by atoms with van der Waals surface area (Å²) in [4.78, 5) is 23.2. The second-order valence-corrected chi connectivity index (χ2v) is 8.46. The number of anilines is 1. The third-order valence-corrected chi connectivity index (χ3v) is 5.51. The molecule has 0 bridgehead atoms. The van der Waals surface area contributed by atoms with Crippen molar-refractivity contribution in [2.45, 2.75) is 33.3 Å². The molecule has 4 rings (SSSR count). The first-order chi connectivity index (χ1) is 15.3. The minimum absolute atomic E-state index is 0.00833. The quantitative estimate of drug-likeness (QED) is 0.614. The van der Waals surface area contributed by atoms with Gasteiger partial charge in [-0.05, 0) is 62.9 Å². The first-order valence-corrected chi connectivity index (χ1v) is 10.8. The number of alkyl carbamates (subject to hydrolysis) is 1. The van der Waals surface area contributed by atoms with Crippen LogP contribution in [0.15, 0.2) is 36.4 Å². The van der Waals surface area contributed by atoms with E-state index in [2.05, 4.69) is 20.2 Å². The summed E-state index contributed by atoms with van der Waals surface area (Å²) in [5.74, 6) is 0.302. The number of phenolic OH excluding ortho intramolecular Hbond substituents is 1. The topological polar surface area (TPSA) is 87.6 Å². The van der Waals surface area contributed by atoms with Crippen LogP contribution < -0.4 is 10.2 Å². The third-order valence-electron chi connectivity index (χ3n) is 5.51. The van der Waals surface area contributed by atoms with Crippen molar-refractivity contribution in [1.82, 2.24) is 15.3 Å². The molecule has 0 saturated carbocycles. The van der Waals surface area contributed by atoms with Gasteiger partial charge in [0.2, 0.25) is 0 Å². The van der Waals surface area contributed by atoms with Crippen molar-refractivity contribution < 1.29 is 19.0 Å². The Bertz CT molecular complexity index is 1130. The molecule has 1 unspecified atom stereocenters. The van der Waals surface area contributed by atoms with E-state index in [0.717, 1.165) is 23.9 Å². The number of rotatable bonds is 5. The molecular weight excluding hydrogens is 411 g/mol. The highest BCUT2D eigenvalue weighted by Crippen LogP contribution is 2.35. The summed E-state index contributed by atoms with van der Waals surface area (Å²) in [5.41, 5.74) is 1.71. The van der Waals surface area contributed by atoms with Gasteiger partial charge in [0.05, 0.1) is 17.2 Å². The molecule has 0 radical (unpaired) electrons. The molecule has 7 nitrogen and oxygen atoms in total. The molecule has 1 saturated heterocycles.